The molecule has 0 radical (unpaired) electrons. The lowest BCUT2D eigenvalue weighted by Crippen LogP contribution is -2.15. The molecule has 0 aliphatic carbocycles. The molecule has 3 aromatic rings. The number of benzene rings is 2. The molecule has 154 valence electrons. The van der Waals surface area contributed by atoms with Crippen molar-refractivity contribution in [2.45, 2.75) is 4.90 Å². The van der Waals surface area contributed by atoms with Gasteiger partial charge in [0.05, 0.1) is 29.6 Å². The first-order chi connectivity index (χ1) is 14.4. The Labute approximate surface area is 172 Å². The van der Waals surface area contributed by atoms with E-state index < -0.39 is 14.9 Å². The van der Waals surface area contributed by atoms with Crippen LogP contribution in [0.2, 0.25) is 0 Å². The number of rotatable bonds is 8. The van der Waals surface area contributed by atoms with Crippen LogP contribution in [0.25, 0.3) is 0 Å². The van der Waals surface area contributed by atoms with E-state index in [0.717, 1.165) is 11.6 Å². The minimum absolute atomic E-state index is 0.0632. The van der Waals surface area contributed by atoms with Gasteiger partial charge in [-0.15, -0.1) is 0 Å². The van der Waals surface area contributed by atoms with E-state index in [9.17, 15) is 18.5 Å². The van der Waals surface area contributed by atoms with E-state index in [1.54, 1.807) is 42.7 Å². The van der Waals surface area contributed by atoms with Crippen LogP contribution in [0.3, 0.4) is 0 Å². The molecule has 2 aromatic carbocycles. The molecule has 3 rings (SSSR count). The van der Waals surface area contributed by atoms with E-state index in [-0.39, 0.29) is 22.0 Å². The van der Waals surface area contributed by atoms with Gasteiger partial charge < -0.3 is 4.74 Å². The lowest BCUT2D eigenvalue weighted by Gasteiger charge is -2.14. The van der Waals surface area contributed by atoms with Crippen LogP contribution in [0.4, 0.5) is 17.1 Å². The van der Waals surface area contributed by atoms with Crippen molar-refractivity contribution in [2.24, 2.45) is 5.10 Å². The van der Waals surface area contributed by atoms with Gasteiger partial charge >= 0.3 is 0 Å². The van der Waals surface area contributed by atoms with Crippen LogP contribution in [-0.4, -0.2) is 31.6 Å². The molecule has 11 heteroatoms. The number of non-ortho nitro benzene ring substituents is 1. The quantitative estimate of drug-likeness (QED) is 0.320. The van der Waals surface area contributed by atoms with Crippen molar-refractivity contribution in [3.63, 3.8) is 0 Å². The van der Waals surface area contributed by atoms with Crippen molar-refractivity contribution in [1.82, 2.24) is 4.98 Å². The zero-order chi connectivity index (χ0) is 21.6. The molecule has 0 bridgehead atoms. The number of methoxy groups -OCH3 is 1. The molecule has 0 unspecified atom stereocenters. The number of hydrogen-bond acceptors (Lipinski definition) is 8. The number of aromatic nitrogens is 1. The number of para-hydroxylation sites is 2. The summed E-state index contributed by atoms with van der Waals surface area (Å²) in [5, 5.41) is 15.2. The Bertz CT molecular complexity index is 1180. The maximum atomic E-state index is 13.0. The number of hydrazone groups is 1. The third-order valence-electron chi connectivity index (χ3n) is 3.92. The molecule has 0 spiro atoms. The zero-order valence-corrected chi connectivity index (χ0v) is 16.5. The molecular weight excluding hydrogens is 410 g/mol. The smallest absolute Gasteiger partial charge is 0.270 e. The molecule has 0 aliphatic heterocycles. The molecule has 0 amide bonds. The van der Waals surface area contributed by atoms with Crippen molar-refractivity contribution < 1.29 is 18.1 Å². The molecule has 0 aliphatic rings. The van der Waals surface area contributed by atoms with E-state index in [0.29, 0.717) is 5.75 Å². The fraction of sp³-hybridized carbons (Fsp3) is 0.0526. The second kappa shape index (κ2) is 9.01. The average Bonchev–Trinajstić information content (AvgIpc) is 2.74. The van der Waals surface area contributed by atoms with Crippen LogP contribution in [-0.2, 0) is 10.0 Å². The van der Waals surface area contributed by atoms with E-state index in [2.05, 4.69) is 20.2 Å². The minimum atomic E-state index is -4.21. The second-order valence-corrected chi connectivity index (χ2v) is 7.54. The molecule has 0 atom stereocenters. The van der Waals surface area contributed by atoms with Crippen molar-refractivity contribution in [2.75, 3.05) is 17.3 Å². The summed E-state index contributed by atoms with van der Waals surface area (Å²) in [6.45, 7) is 0. The van der Waals surface area contributed by atoms with Gasteiger partial charge in [-0.3, -0.25) is 25.2 Å². The molecule has 0 fully saturated rings. The van der Waals surface area contributed by atoms with E-state index in [1.807, 2.05) is 0 Å². The van der Waals surface area contributed by atoms with Crippen molar-refractivity contribution in [1.29, 1.82) is 0 Å². The zero-order valence-electron chi connectivity index (χ0n) is 15.7. The lowest BCUT2D eigenvalue weighted by molar-refractivity contribution is -0.385. The van der Waals surface area contributed by atoms with E-state index in [1.165, 1.54) is 31.5 Å². The third kappa shape index (κ3) is 4.89. The van der Waals surface area contributed by atoms with Gasteiger partial charge in [0.1, 0.15) is 10.6 Å². The molecule has 1 heterocycles. The van der Waals surface area contributed by atoms with Gasteiger partial charge in [0.2, 0.25) is 0 Å². The average molecular weight is 427 g/mol. The highest BCUT2D eigenvalue weighted by Gasteiger charge is 2.23. The van der Waals surface area contributed by atoms with Crippen molar-refractivity contribution in [3.8, 4) is 5.75 Å². The van der Waals surface area contributed by atoms with E-state index in [4.69, 9.17) is 4.74 Å². The number of hydrogen-bond donors (Lipinski definition) is 2. The first kappa shape index (κ1) is 20.7. The monoisotopic (exact) mass is 427 g/mol. The van der Waals surface area contributed by atoms with Crippen LogP contribution < -0.4 is 14.9 Å². The van der Waals surface area contributed by atoms with Gasteiger partial charge in [0.25, 0.3) is 15.7 Å². The number of nitro groups is 1. The van der Waals surface area contributed by atoms with Crippen LogP contribution >= 0.6 is 0 Å². The summed E-state index contributed by atoms with van der Waals surface area (Å²) in [6, 6.07) is 13.3. The Kier molecular flexibility index (Phi) is 6.23. The highest BCUT2D eigenvalue weighted by atomic mass is 32.2. The van der Waals surface area contributed by atoms with Crippen molar-refractivity contribution in [3.05, 3.63) is 82.7 Å². The first-order valence-corrected chi connectivity index (χ1v) is 10.0. The maximum Gasteiger partial charge on any atom is 0.270 e. The summed E-state index contributed by atoms with van der Waals surface area (Å²) in [7, 11) is -2.80. The van der Waals surface area contributed by atoms with Gasteiger partial charge in [0, 0.05) is 24.5 Å². The highest BCUT2D eigenvalue weighted by molar-refractivity contribution is 7.93. The summed E-state index contributed by atoms with van der Waals surface area (Å²) in [4.78, 5) is 14.0. The molecule has 0 saturated heterocycles. The molecule has 0 saturated carbocycles. The van der Waals surface area contributed by atoms with Gasteiger partial charge in [-0.2, -0.15) is 5.10 Å². The minimum Gasteiger partial charge on any atom is -0.495 e. The Balaban J connectivity index is 1.97. The Hall–Kier alpha value is -3.99. The molecule has 30 heavy (non-hydrogen) atoms. The van der Waals surface area contributed by atoms with Crippen LogP contribution in [0, 0.1) is 10.1 Å². The van der Waals surface area contributed by atoms with Gasteiger partial charge in [0.15, 0.2) is 0 Å². The normalized spacial score (nSPS) is 11.2. The number of nitro benzene ring substituents is 1. The highest BCUT2D eigenvalue weighted by Crippen LogP contribution is 2.31. The van der Waals surface area contributed by atoms with Crippen LogP contribution in [0.15, 0.2) is 77.0 Å². The van der Waals surface area contributed by atoms with Gasteiger partial charge in [-0.05, 0) is 35.9 Å². The second-order valence-electron chi connectivity index (χ2n) is 5.89. The third-order valence-corrected chi connectivity index (χ3v) is 5.33. The number of anilines is 2. The molecule has 1 aromatic heterocycles. The number of nitrogens with zero attached hydrogens (tertiary/aromatic N) is 3. The van der Waals surface area contributed by atoms with Crippen LogP contribution in [0.1, 0.15) is 5.56 Å². The summed E-state index contributed by atoms with van der Waals surface area (Å²) in [6.07, 6.45) is 4.63. The molecule has 10 nitrogen and oxygen atoms in total. The fourth-order valence-corrected chi connectivity index (χ4v) is 3.74. The standard InChI is InChI=1S/C19H17N5O5S/c1-29-18-5-3-2-4-16(18)23-30(27,28)19-12-15(24(25)26)6-7-17(19)22-21-13-14-8-10-20-11-9-14/h2-13,22-23H,1H3. The van der Waals surface area contributed by atoms with Crippen molar-refractivity contribution >= 4 is 33.3 Å². The Morgan fingerprint density at radius 1 is 1.10 bits per heavy atom. The largest absolute Gasteiger partial charge is 0.495 e. The predicted molar refractivity (Wildman–Crippen MR) is 112 cm³/mol. The fourth-order valence-electron chi connectivity index (χ4n) is 2.49. The topological polar surface area (TPSA) is 136 Å². The Morgan fingerprint density at radius 2 is 1.83 bits per heavy atom. The Morgan fingerprint density at radius 3 is 2.53 bits per heavy atom. The number of sulfonamides is 1. The summed E-state index contributed by atoms with van der Waals surface area (Å²) in [5.41, 5.74) is 3.24. The number of pyridine rings is 1. The van der Waals surface area contributed by atoms with Gasteiger partial charge in [-0.1, -0.05) is 12.1 Å². The maximum absolute atomic E-state index is 13.0. The van der Waals surface area contributed by atoms with E-state index >= 15 is 0 Å². The lowest BCUT2D eigenvalue weighted by atomic mass is 10.3. The summed E-state index contributed by atoms with van der Waals surface area (Å²) in [5.74, 6) is 0.303. The molecular formula is C19H17N5O5S. The number of nitrogens with one attached hydrogen (secondary N) is 2. The van der Waals surface area contributed by atoms with Crippen LogP contribution in [0.5, 0.6) is 5.75 Å². The first-order valence-electron chi connectivity index (χ1n) is 8.54. The predicted octanol–water partition coefficient (Wildman–Crippen LogP) is 3.25. The summed E-state index contributed by atoms with van der Waals surface area (Å²) < 4.78 is 33.6. The number of ether oxygens (including phenoxy) is 1. The SMILES string of the molecule is COc1ccccc1NS(=O)(=O)c1cc([N+](=O)[O-])ccc1NN=Cc1ccncc1. The van der Waals surface area contributed by atoms with Gasteiger partial charge in [-0.25, -0.2) is 8.42 Å². The molecule has 2 N–H and O–H groups in total. The summed E-state index contributed by atoms with van der Waals surface area (Å²) >= 11 is 0.